The summed E-state index contributed by atoms with van der Waals surface area (Å²) in [5.41, 5.74) is 3.04. The van der Waals surface area contributed by atoms with Gasteiger partial charge in [-0.1, -0.05) is 17.7 Å². The lowest BCUT2D eigenvalue weighted by Gasteiger charge is -2.14. The van der Waals surface area contributed by atoms with Gasteiger partial charge in [-0.25, -0.2) is 0 Å². The van der Waals surface area contributed by atoms with Crippen molar-refractivity contribution < 1.29 is 19.1 Å². The van der Waals surface area contributed by atoms with Crippen LogP contribution in [0.5, 0.6) is 11.5 Å². The molecule has 0 heterocycles. The maximum Gasteiger partial charge on any atom is 0.243 e. The van der Waals surface area contributed by atoms with Gasteiger partial charge in [-0.2, -0.15) is 0 Å². The van der Waals surface area contributed by atoms with E-state index in [2.05, 4.69) is 16.0 Å². The van der Waals surface area contributed by atoms with Gasteiger partial charge in [-0.15, -0.1) is 0 Å². The fraction of sp³-hybridized carbons (Fsp3) is 0.300. The summed E-state index contributed by atoms with van der Waals surface area (Å²) < 4.78 is 10.5. The number of amides is 2. The summed E-state index contributed by atoms with van der Waals surface area (Å²) in [6.45, 7) is 3.60. The van der Waals surface area contributed by atoms with E-state index >= 15 is 0 Å². The molecule has 2 aromatic carbocycles. The zero-order chi connectivity index (χ0) is 20.7. The summed E-state index contributed by atoms with van der Waals surface area (Å²) in [5, 5.41) is 8.86. The molecule has 3 N–H and O–H groups in total. The minimum Gasteiger partial charge on any atom is -0.495 e. The number of hydrogen-bond acceptors (Lipinski definition) is 5. The van der Waals surface area contributed by atoms with Gasteiger partial charge in [0.05, 0.1) is 38.7 Å². The van der Waals surface area contributed by atoms with Gasteiger partial charge in [-0.3, -0.25) is 9.59 Å². The number of carbonyl (C=O) groups excluding carboxylic acids is 2. The molecule has 2 aromatic rings. The molecule has 8 heteroatoms. The first-order chi connectivity index (χ1) is 13.3. The summed E-state index contributed by atoms with van der Waals surface area (Å²) >= 11 is 6.07. The Labute approximate surface area is 169 Å². The van der Waals surface area contributed by atoms with Crippen LogP contribution in [0.2, 0.25) is 5.02 Å². The number of methoxy groups -OCH3 is 2. The summed E-state index contributed by atoms with van der Waals surface area (Å²) in [4.78, 5) is 24.2. The second kappa shape index (κ2) is 9.85. The molecule has 0 saturated heterocycles. The fourth-order valence-corrected chi connectivity index (χ4v) is 2.65. The van der Waals surface area contributed by atoms with E-state index in [4.69, 9.17) is 21.1 Å². The lowest BCUT2D eigenvalue weighted by molar-refractivity contribution is -0.122. The number of nitrogens with one attached hydrogen (secondary N) is 3. The first-order valence-electron chi connectivity index (χ1n) is 8.63. The van der Waals surface area contributed by atoms with Crippen LogP contribution in [0.15, 0.2) is 30.3 Å². The summed E-state index contributed by atoms with van der Waals surface area (Å²) in [7, 11) is 3.05. The van der Waals surface area contributed by atoms with E-state index in [9.17, 15) is 9.59 Å². The standard InChI is InChI=1S/C20H24ClN3O4/c1-12-5-6-17(27-3)16(7-12)24-20(26)11-23-19(25)10-22-15-8-13(2)14(21)9-18(15)28-4/h5-9,22H,10-11H2,1-4H3,(H,23,25)(H,24,26). The number of ether oxygens (including phenoxy) is 2. The minimum absolute atomic E-state index is 0.0154. The van der Waals surface area contributed by atoms with Crippen LogP contribution >= 0.6 is 11.6 Å². The quantitative estimate of drug-likeness (QED) is 0.627. The molecule has 0 radical (unpaired) electrons. The molecule has 2 rings (SSSR count). The van der Waals surface area contributed by atoms with Crippen LogP contribution in [0.1, 0.15) is 11.1 Å². The monoisotopic (exact) mass is 405 g/mol. The molecule has 0 aliphatic heterocycles. The van der Waals surface area contributed by atoms with Crippen LogP contribution in [0, 0.1) is 13.8 Å². The zero-order valence-corrected chi connectivity index (χ0v) is 17.1. The Morgan fingerprint density at radius 2 is 1.64 bits per heavy atom. The average molecular weight is 406 g/mol. The average Bonchev–Trinajstić information content (AvgIpc) is 2.67. The van der Waals surface area contributed by atoms with E-state index in [1.54, 1.807) is 24.3 Å². The third-order valence-corrected chi connectivity index (χ3v) is 4.40. The molecule has 28 heavy (non-hydrogen) atoms. The fourth-order valence-electron chi connectivity index (χ4n) is 2.50. The van der Waals surface area contributed by atoms with Crippen molar-refractivity contribution in [3.05, 3.63) is 46.5 Å². The van der Waals surface area contributed by atoms with Gasteiger partial charge in [0.25, 0.3) is 0 Å². The first-order valence-corrected chi connectivity index (χ1v) is 9.01. The Kier molecular flexibility index (Phi) is 7.52. The SMILES string of the molecule is COc1cc(Cl)c(C)cc1NCC(=O)NCC(=O)Nc1cc(C)ccc1OC. The van der Waals surface area contributed by atoms with Gasteiger partial charge >= 0.3 is 0 Å². The van der Waals surface area contributed by atoms with Crippen LogP contribution < -0.4 is 25.4 Å². The maximum absolute atomic E-state index is 12.1. The molecule has 2 amide bonds. The van der Waals surface area contributed by atoms with E-state index < -0.39 is 0 Å². The molecule has 0 unspecified atom stereocenters. The number of aryl methyl sites for hydroxylation is 2. The molecule has 0 spiro atoms. The van der Waals surface area contributed by atoms with E-state index in [1.165, 1.54) is 14.2 Å². The number of rotatable bonds is 8. The van der Waals surface area contributed by atoms with Gasteiger partial charge < -0.3 is 25.4 Å². The molecule has 0 bridgehead atoms. The molecule has 0 aliphatic rings. The Hall–Kier alpha value is -2.93. The number of carbonyl (C=O) groups is 2. The smallest absolute Gasteiger partial charge is 0.243 e. The zero-order valence-electron chi connectivity index (χ0n) is 16.3. The molecule has 0 aromatic heterocycles. The summed E-state index contributed by atoms with van der Waals surface area (Å²) in [6.07, 6.45) is 0. The van der Waals surface area contributed by atoms with E-state index in [0.29, 0.717) is 27.9 Å². The minimum atomic E-state index is -0.350. The maximum atomic E-state index is 12.1. The highest BCUT2D eigenvalue weighted by Crippen LogP contribution is 2.30. The second-order valence-electron chi connectivity index (χ2n) is 6.18. The molecule has 0 atom stereocenters. The van der Waals surface area contributed by atoms with Crippen LogP contribution in [-0.4, -0.2) is 39.1 Å². The molecule has 0 fully saturated rings. The van der Waals surface area contributed by atoms with Gasteiger partial charge in [0.15, 0.2) is 0 Å². The van der Waals surface area contributed by atoms with E-state index in [0.717, 1.165) is 11.1 Å². The summed E-state index contributed by atoms with van der Waals surface area (Å²) in [5.74, 6) is 0.406. The molecule has 150 valence electrons. The van der Waals surface area contributed by atoms with Gasteiger partial charge in [0, 0.05) is 11.1 Å². The highest BCUT2D eigenvalue weighted by molar-refractivity contribution is 6.31. The van der Waals surface area contributed by atoms with Crippen LogP contribution in [-0.2, 0) is 9.59 Å². The van der Waals surface area contributed by atoms with Crippen molar-refractivity contribution in [3.8, 4) is 11.5 Å². The Morgan fingerprint density at radius 1 is 0.929 bits per heavy atom. The molecule has 0 aliphatic carbocycles. The van der Waals surface area contributed by atoms with Crippen molar-refractivity contribution >= 4 is 34.8 Å². The lowest BCUT2D eigenvalue weighted by Crippen LogP contribution is -2.36. The van der Waals surface area contributed by atoms with Gasteiger partial charge in [0.2, 0.25) is 11.8 Å². The van der Waals surface area contributed by atoms with Crippen molar-refractivity contribution in [1.82, 2.24) is 5.32 Å². The highest BCUT2D eigenvalue weighted by atomic mass is 35.5. The Balaban J connectivity index is 1.87. The number of benzene rings is 2. The predicted molar refractivity (Wildman–Crippen MR) is 111 cm³/mol. The lowest BCUT2D eigenvalue weighted by atomic mass is 10.2. The predicted octanol–water partition coefficient (Wildman–Crippen LogP) is 3.14. The topological polar surface area (TPSA) is 88.7 Å². The van der Waals surface area contributed by atoms with Crippen molar-refractivity contribution in [1.29, 1.82) is 0 Å². The van der Waals surface area contributed by atoms with E-state index in [-0.39, 0.29) is 24.9 Å². The number of hydrogen-bond donors (Lipinski definition) is 3. The largest absolute Gasteiger partial charge is 0.495 e. The van der Waals surface area contributed by atoms with Crippen molar-refractivity contribution in [2.45, 2.75) is 13.8 Å². The molecule has 0 saturated carbocycles. The number of halogens is 1. The first kappa shape index (κ1) is 21.4. The van der Waals surface area contributed by atoms with Gasteiger partial charge in [0.1, 0.15) is 11.5 Å². The third-order valence-electron chi connectivity index (χ3n) is 4.00. The van der Waals surface area contributed by atoms with E-state index in [1.807, 2.05) is 19.9 Å². The summed E-state index contributed by atoms with van der Waals surface area (Å²) in [6, 6.07) is 8.93. The Bertz CT molecular complexity index is 871. The van der Waals surface area contributed by atoms with Crippen LogP contribution in [0.3, 0.4) is 0 Å². The van der Waals surface area contributed by atoms with Crippen molar-refractivity contribution in [3.63, 3.8) is 0 Å². The van der Waals surface area contributed by atoms with Crippen LogP contribution in [0.25, 0.3) is 0 Å². The van der Waals surface area contributed by atoms with Crippen molar-refractivity contribution in [2.75, 3.05) is 37.9 Å². The third kappa shape index (κ3) is 5.79. The number of anilines is 2. The molecule has 7 nitrogen and oxygen atoms in total. The Morgan fingerprint density at radius 3 is 2.32 bits per heavy atom. The highest BCUT2D eigenvalue weighted by Gasteiger charge is 2.11. The van der Waals surface area contributed by atoms with Crippen LogP contribution in [0.4, 0.5) is 11.4 Å². The molecular weight excluding hydrogens is 382 g/mol. The second-order valence-corrected chi connectivity index (χ2v) is 6.59. The van der Waals surface area contributed by atoms with Gasteiger partial charge in [-0.05, 0) is 43.2 Å². The van der Waals surface area contributed by atoms with Crippen molar-refractivity contribution in [2.24, 2.45) is 0 Å². The molecular formula is C20H24ClN3O4. The normalized spacial score (nSPS) is 10.2.